The first kappa shape index (κ1) is 15.4. The van der Waals surface area contributed by atoms with Gasteiger partial charge in [-0.15, -0.1) is 0 Å². The first-order valence-corrected chi connectivity index (χ1v) is 8.11. The summed E-state index contributed by atoms with van der Waals surface area (Å²) in [5.41, 5.74) is 3.05. The number of anilines is 1. The molecule has 112 valence electrons. The van der Waals surface area contributed by atoms with Gasteiger partial charge in [0.25, 0.3) is 0 Å². The SMILES string of the molecule is CCCCN(c1ccccc1CNC(C)(C)C)C1CC1. The molecule has 1 saturated carbocycles. The van der Waals surface area contributed by atoms with Crippen LogP contribution in [0, 0.1) is 0 Å². The van der Waals surface area contributed by atoms with Gasteiger partial charge in [0.05, 0.1) is 0 Å². The number of hydrogen-bond donors (Lipinski definition) is 1. The van der Waals surface area contributed by atoms with Crippen molar-refractivity contribution in [1.29, 1.82) is 0 Å². The van der Waals surface area contributed by atoms with E-state index in [1.807, 2.05) is 0 Å². The number of rotatable bonds is 7. The minimum atomic E-state index is 0.168. The van der Waals surface area contributed by atoms with E-state index < -0.39 is 0 Å². The highest BCUT2D eigenvalue weighted by molar-refractivity contribution is 5.55. The molecule has 2 nitrogen and oxygen atoms in total. The lowest BCUT2D eigenvalue weighted by Gasteiger charge is -2.28. The van der Waals surface area contributed by atoms with Crippen molar-refractivity contribution in [3.63, 3.8) is 0 Å². The van der Waals surface area contributed by atoms with Gasteiger partial charge in [0.1, 0.15) is 0 Å². The lowest BCUT2D eigenvalue weighted by molar-refractivity contribution is 0.424. The highest BCUT2D eigenvalue weighted by atomic mass is 15.2. The van der Waals surface area contributed by atoms with Gasteiger partial charge in [-0.05, 0) is 51.7 Å². The Morgan fingerprint density at radius 3 is 2.50 bits per heavy atom. The van der Waals surface area contributed by atoms with E-state index in [4.69, 9.17) is 0 Å². The van der Waals surface area contributed by atoms with E-state index in [1.165, 1.54) is 43.5 Å². The Balaban J connectivity index is 2.12. The van der Waals surface area contributed by atoms with Crippen molar-refractivity contribution in [1.82, 2.24) is 5.32 Å². The van der Waals surface area contributed by atoms with Gasteiger partial charge in [-0.3, -0.25) is 0 Å². The second-order valence-electron chi connectivity index (χ2n) is 7.01. The summed E-state index contributed by atoms with van der Waals surface area (Å²) >= 11 is 0. The molecule has 1 aliphatic carbocycles. The molecule has 1 N–H and O–H groups in total. The van der Waals surface area contributed by atoms with Gasteiger partial charge >= 0.3 is 0 Å². The van der Waals surface area contributed by atoms with Crippen molar-refractivity contribution in [2.45, 2.75) is 71.5 Å². The minimum Gasteiger partial charge on any atom is -0.368 e. The summed E-state index contributed by atoms with van der Waals surface area (Å²) in [6, 6.07) is 9.70. The summed E-state index contributed by atoms with van der Waals surface area (Å²) in [7, 11) is 0. The maximum absolute atomic E-state index is 3.62. The fourth-order valence-corrected chi connectivity index (χ4v) is 2.52. The van der Waals surface area contributed by atoms with Gasteiger partial charge in [-0.25, -0.2) is 0 Å². The van der Waals surface area contributed by atoms with Crippen LogP contribution in [-0.2, 0) is 6.54 Å². The Bertz CT molecular complexity index is 416. The van der Waals surface area contributed by atoms with Crippen LogP contribution in [0.25, 0.3) is 0 Å². The average Bonchev–Trinajstić information content (AvgIpc) is 3.22. The molecule has 2 heteroatoms. The van der Waals surface area contributed by atoms with Gasteiger partial charge in [-0.2, -0.15) is 0 Å². The van der Waals surface area contributed by atoms with Crippen molar-refractivity contribution in [3.05, 3.63) is 29.8 Å². The molecule has 0 spiro atoms. The van der Waals surface area contributed by atoms with E-state index in [1.54, 1.807) is 0 Å². The molecular weight excluding hydrogens is 244 g/mol. The summed E-state index contributed by atoms with van der Waals surface area (Å²) in [5, 5.41) is 3.62. The Morgan fingerprint density at radius 2 is 1.90 bits per heavy atom. The third-order valence-corrected chi connectivity index (χ3v) is 3.85. The minimum absolute atomic E-state index is 0.168. The Morgan fingerprint density at radius 1 is 1.20 bits per heavy atom. The van der Waals surface area contributed by atoms with Gasteiger partial charge in [0, 0.05) is 30.4 Å². The van der Waals surface area contributed by atoms with Crippen LogP contribution in [0.4, 0.5) is 5.69 Å². The van der Waals surface area contributed by atoms with Crippen LogP contribution in [0.2, 0.25) is 0 Å². The molecule has 1 aromatic carbocycles. The second-order valence-corrected chi connectivity index (χ2v) is 7.01. The zero-order valence-electron chi connectivity index (χ0n) is 13.6. The maximum atomic E-state index is 3.62. The van der Waals surface area contributed by atoms with E-state index in [-0.39, 0.29) is 5.54 Å². The molecule has 0 unspecified atom stereocenters. The molecule has 0 aromatic heterocycles. The quantitative estimate of drug-likeness (QED) is 0.795. The summed E-state index contributed by atoms with van der Waals surface area (Å²) in [5.74, 6) is 0. The van der Waals surface area contributed by atoms with Crippen LogP contribution < -0.4 is 10.2 Å². The number of hydrogen-bond acceptors (Lipinski definition) is 2. The molecule has 1 aliphatic rings. The van der Waals surface area contributed by atoms with Gasteiger partial charge in [-0.1, -0.05) is 31.5 Å². The molecule has 1 fully saturated rings. The molecule has 0 amide bonds. The first-order chi connectivity index (χ1) is 9.51. The maximum Gasteiger partial charge on any atom is 0.0414 e. The zero-order chi connectivity index (χ0) is 14.6. The topological polar surface area (TPSA) is 15.3 Å². The first-order valence-electron chi connectivity index (χ1n) is 8.11. The predicted molar refractivity (Wildman–Crippen MR) is 88.3 cm³/mol. The largest absolute Gasteiger partial charge is 0.368 e. The van der Waals surface area contributed by atoms with E-state index in [2.05, 4.69) is 62.2 Å². The van der Waals surface area contributed by atoms with Crippen LogP contribution in [0.1, 0.15) is 58.9 Å². The fraction of sp³-hybridized carbons (Fsp3) is 0.667. The normalized spacial score (nSPS) is 15.4. The molecule has 20 heavy (non-hydrogen) atoms. The molecule has 0 saturated heterocycles. The number of nitrogens with one attached hydrogen (secondary N) is 1. The number of para-hydroxylation sites is 1. The van der Waals surface area contributed by atoms with Gasteiger partial charge in [0.15, 0.2) is 0 Å². The van der Waals surface area contributed by atoms with Crippen LogP contribution in [-0.4, -0.2) is 18.1 Å². The van der Waals surface area contributed by atoms with Crippen molar-refractivity contribution in [2.75, 3.05) is 11.4 Å². The molecule has 0 aliphatic heterocycles. The summed E-state index contributed by atoms with van der Waals surface area (Å²) in [4.78, 5) is 2.64. The summed E-state index contributed by atoms with van der Waals surface area (Å²) in [6.45, 7) is 11.1. The average molecular weight is 274 g/mol. The predicted octanol–water partition coefficient (Wildman–Crippen LogP) is 4.34. The smallest absolute Gasteiger partial charge is 0.0414 e. The Hall–Kier alpha value is -1.02. The molecule has 0 bridgehead atoms. The Kier molecular flexibility index (Phi) is 5.09. The van der Waals surface area contributed by atoms with Crippen molar-refractivity contribution >= 4 is 5.69 Å². The van der Waals surface area contributed by atoms with Crippen molar-refractivity contribution in [3.8, 4) is 0 Å². The summed E-state index contributed by atoms with van der Waals surface area (Å²) < 4.78 is 0. The molecule has 1 aromatic rings. The van der Waals surface area contributed by atoms with Crippen LogP contribution >= 0.6 is 0 Å². The highest BCUT2D eigenvalue weighted by Crippen LogP contribution is 2.34. The fourth-order valence-electron chi connectivity index (χ4n) is 2.52. The highest BCUT2D eigenvalue weighted by Gasteiger charge is 2.29. The van der Waals surface area contributed by atoms with Crippen molar-refractivity contribution in [2.24, 2.45) is 0 Å². The van der Waals surface area contributed by atoms with Crippen molar-refractivity contribution < 1.29 is 0 Å². The summed E-state index contributed by atoms with van der Waals surface area (Å²) in [6.07, 6.45) is 5.29. The molecule has 0 radical (unpaired) electrons. The van der Waals surface area contributed by atoms with E-state index >= 15 is 0 Å². The number of unbranched alkanes of at least 4 members (excludes halogenated alkanes) is 1. The second kappa shape index (κ2) is 6.62. The van der Waals surface area contributed by atoms with Crippen LogP contribution in [0.5, 0.6) is 0 Å². The number of benzene rings is 1. The molecular formula is C18H30N2. The molecule has 0 atom stereocenters. The third kappa shape index (κ3) is 4.52. The Labute approximate surface area is 124 Å². The molecule has 0 heterocycles. The monoisotopic (exact) mass is 274 g/mol. The van der Waals surface area contributed by atoms with Crippen LogP contribution in [0.15, 0.2) is 24.3 Å². The van der Waals surface area contributed by atoms with Gasteiger partial charge < -0.3 is 10.2 Å². The van der Waals surface area contributed by atoms with E-state index in [0.717, 1.165) is 12.6 Å². The lowest BCUT2D eigenvalue weighted by Crippen LogP contribution is -2.36. The van der Waals surface area contributed by atoms with E-state index in [9.17, 15) is 0 Å². The van der Waals surface area contributed by atoms with Gasteiger partial charge in [0.2, 0.25) is 0 Å². The lowest BCUT2D eigenvalue weighted by atomic mass is 10.1. The number of nitrogens with zero attached hydrogens (tertiary/aromatic N) is 1. The molecule has 2 rings (SSSR count). The third-order valence-electron chi connectivity index (χ3n) is 3.85. The standard InChI is InChI=1S/C18H30N2/c1-5-6-13-20(16-11-12-16)17-10-8-7-9-15(17)14-19-18(2,3)4/h7-10,16,19H,5-6,11-14H2,1-4H3. The van der Waals surface area contributed by atoms with Crippen LogP contribution in [0.3, 0.4) is 0 Å². The van der Waals surface area contributed by atoms with E-state index in [0.29, 0.717) is 0 Å². The zero-order valence-corrected chi connectivity index (χ0v) is 13.6.